The number of hydrogen-bond acceptors (Lipinski definition) is 3. The van der Waals surface area contributed by atoms with E-state index in [9.17, 15) is 22.0 Å². The molecule has 0 bridgehead atoms. The van der Waals surface area contributed by atoms with Crippen LogP contribution in [0.3, 0.4) is 0 Å². The fraction of sp³-hybridized carbons (Fsp3) is 0.174. The minimum Gasteiger partial charge on any atom is -0.352 e. The lowest BCUT2D eigenvalue weighted by Gasteiger charge is -2.18. The maximum Gasteiger partial charge on any atom is 0.341 e. The topological polar surface area (TPSA) is 63.2 Å². The molecule has 7 heteroatoms. The SMILES string of the molecule is O=C(NCCC(c1ccccc1)c1ccccc1)c1ccc(S(=O)(=O)C(F)F)cc1. The van der Waals surface area contributed by atoms with Crippen LogP contribution in [0.5, 0.6) is 0 Å². The largest absolute Gasteiger partial charge is 0.352 e. The summed E-state index contributed by atoms with van der Waals surface area (Å²) in [6.07, 6.45) is 0.664. The van der Waals surface area contributed by atoms with Crippen molar-refractivity contribution in [3.8, 4) is 0 Å². The minimum atomic E-state index is -4.67. The Balaban J connectivity index is 1.66. The van der Waals surface area contributed by atoms with Gasteiger partial charge < -0.3 is 5.32 Å². The molecule has 3 rings (SSSR count). The van der Waals surface area contributed by atoms with Crippen molar-refractivity contribution in [3.05, 3.63) is 102 Å². The second kappa shape index (κ2) is 9.63. The Kier molecular flexibility index (Phi) is 6.95. The van der Waals surface area contributed by atoms with E-state index in [0.29, 0.717) is 13.0 Å². The van der Waals surface area contributed by atoms with Crippen LogP contribution in [0, 0.1) is 0 Å². The van der Waals surface area contributed by atoms with Crippen LogP contribution in [0.15, 0.2) is 89.8 Å². The van der Waals surface area contributed by atoms with Crippen molar-refractivity contribution in [1.82, 2.24) is 5.32 Å². The molecule has 0 radical (unpaired) electrons. The number of nitrogens with one attached hydrogen (secondary N) is 1. The van der Waals surface area contributed by atoms with Crippen molar-refractivity contribution in [2.24, 2.45) is 0 Å². The average molecular weight is 429 g/mol. The molecule has 4 nitrogen and oxygen atoms in total. The summed E-state index contributed by atoms with van der Waals surface area (Å²) in [6, 6.07) is 24.5. The number of amides is 1. The molecule has 0 saturated carbocycles. The lowest BCUT2D eigenvalue weighted by Crippen LogP contribution is -2.26. The number of carbonyl (C=O) groups is 1. The highest BCUT2D eigenvalue weighted by atomic mass is 32.2. The van der Waals surface area contributed by atoms with Gasteiger partial charge in [-0.1, -0.05) is 60.7 Å². The molecule has 0 aliphatic heterocycles. The number of hydrogen-bond donors (Lipinski definition) is 1. The van der Waals surface area contributed by atoms with Crippen LogP contribution in [0.25, 0.3) is 0 Å². The maximum atomic E-state index is 12.6. The van der Waals surface area contributed by atoms with E-state index in [2.05, 4.69) is 5.32 Å². The highest BCUT2D eigenvalue weighted by molar-refractivity contribution is 7.91. The summed E-state index contributed by atoms with van der Waals surface area (Å²) in [5, 5.41) is 2.81. The van der Waals surface area contributed by atoms with Gasteiger partial charge in [0.15, 0.2) is 0 Å². The summed E-state index contributed by atoms with van der Waals surface area (Å²) in [7, 11) is -4.67. The Bertz CT molecular complexity index is 1030. The zero-order chi connectivity index (χ0) is 21.6. The summed E-state index contributed by atoms with van der Waals surface area (Å²) >= 11 is 0. The standard InChI is InChI=1S/C23H21F2NO3S/c24-23(25)30(28,29)20-13-11-19(12-14-20)22(27)26-16-15-21(17-7-3-1-4-8-17)18-9-5-2-6-10-18/h1-14,21,23H,15-16H2,(H,26,27). The van der Waals surface area contributed by atoms with Gasteiger partial charge in [-0.3, -0.25) is 4.79 Å². The smallest absolute Gasteiger partial charge is 0.341 e. The van der Waals surface area contributed by atoms with Gasteiger partial charge in [0.1, 0.15) is 0 Å². The Labute approximate surface area is 174 Å². The van der Waals surface area contributed by atoms with Gasteiger partial charge in [0.2, 0.25) is 9.84 Å². The van der Waals surface area contributed by atoms with E-state index < -0.39 is 26.4 Å². The molecule has 0 unspecified atom stereocenters. The Morgan fingerprint density at radius 2 is 1.30 bits per heavy atom. The number of halogens is 2. The average Bonchev–Trinajstić information content (AvgIpc) is 2.77. The first-order valence-electron chi connectivity index (χ1n) is 9.40. The van der Waals surface area contributed by atoms with Crippen LogP contribution in [0.1, 0.15) is 33.8 Å². The van der Waals surface area contributed by atoms with E-state index in [1.807, 2.05) is 60.7 Å². The molecule has 156 valence electrons. The first-order valence-corrected chi connectivity index (χ1v) is 10.9. The molecular weight excluding hydrogens is 408 g/mol. The third-order valence-corrected chi connectivity index (χ3v) is 6.20. The molecule has 3 aromatic rings. The van der Waals surface area contributed by atoms with Crippen molar-refractivity contribution in [1.29, 1.82) is 0 Å². The Morgan fingerprint density at radius 1 is 0.800 bits per heavy atom. The Hall–Kier alpha value is -3.06. The lowest BCUT2D eigenvalue weighted by atomic mass is 9.88. The van der Waals surface area contributed by atoms with Crippen molar-refractivity contribution < 1.29 is 22.0 Å². The number of benzene rings is 3. The van der Waals surface area contributed by atoms with Gasteiger partial charge in [0.25, 0.3) is 5.91 Å². The maximum absolute atomic E-state index is 12.6. The third kappa shape index (κ3) is 5.10. The van der Waals surface area contributed by atoms with Crippen LogP contribution in [0.4, 0.5) is 8.78 Å². The van der Waals surface area contributed by atoms with Gasteiger partial charge in [0.05, 0.1) is 4.90 Å². The predicted molar refractivity (Wildman–Crippen MR) is 111 cm³/mol. The summed E-state index contributed by atoms with van der Waals surface area (Å²) in [5.41, 5.74) is 2.48. The van der Waals surface area contributed by atoms with Gasteiger partial charge in [-0.2, -0.15) is 8.78 Å². The number of sulfone groups is 1. The molecule has 1 amide bonds. The zero-order valence-corrected chi connectivity index (χ0v) is 16.9. The summed E-state index contributed by atoms with van der Waals surface area (Å²) in [6.45, 7) is 0.393. The van der Waals surface area contributed by atoms with E-state index in [1.165, 1.54) is 12.1 Å². The molecule has 0 fully saturated rings. The number of rotatable bonds is 8. The van der Waals surface area contributed by atoms with E-state index in [0.717, 1.165) is 23.3 Å². The van der Waals surface area contributed by atoms with Crippen molar-refractivity contribution in [3.63, 3.8) is 0 Å². The molecule has 0 heterocycles. The summed E-state index contributed by atoms with van der Waals surface area (Å²) in [5.74, 6) is -3.78. The highest BCUT2D eigenvalue weighted by Crippen LogP contribution is 2.27. The number of carbonyl (C=O) groups excluding carboxylic acids is 1. The molecule has 0 aliphatic carbocycles. The van der Waals surface area contributed by atoms with Crippen molar-refractivity contribution in [2.75, 3.05) is 6.54 Å². The van der Waals surface area contributed by atoms with E-state index >= 15 is 0 Å². The molecule has 3 aromatic carbocycles. The monoisotopic (exact) mass is 429 g/mol. The van der Waals surface area contributed by atoms with Crippen LogP contribution in [-0.2, 0) is 9.84 Å². The minimum absolute atomic E-state index is 0.103. The normalized spacial score (nSPS) is 11.6. The first-order chi connectivity index (χ1) is 14.4. The first kappa shape index (κ1) is 21.6. The Morgan fingerprint density at radius 3 is 1.77 bits per heavy atom. The molecule has 0 aliphatic rings. The highest BCUT2D eigenvalue weighted by Gasteiger charge is 2.26. The van der Waals surface area contributed by atoms with Crippen molar-refractivity contribution in [2.45, 2.75) is 23.0 Å². The quantitative estimate of drug-likeness (QED) is 0.568. The molecule has 0 saturated heterocycles. The van der Waals surface area contributed by atoms with Gasteiger partial charge in [-0.05, 0) is 41.8 Å². The summed E-state index contributed by atoms with van der Waals surface area (Å²) < 4.78 is 48.2. The van der Waals surface area contributed by atoms with Gasteiger partial charge in [-0.25, -0.2) is 8.42 Å². The zero-order valence-electron chi connectivity index (χ0n) is 16.0. The lowest BCUT2D eigenvalue weighted by molar-refractivity contribution is 0.0952. The molecule has 1 N–H and O–H groups in total. The predicted octanol–water partition coefficient (Wildman–Crippen LogP) is 4.63. The van der Waals surface area contributed by atoms with Crippen molar-refractivity contribution >= 4 is 15.7 Å². The van der Waals surface area contributed by atoms with Crippen LogP contribution >= 0.6 is 0 Å². The van der Waals surface area contributed by atoms with E-state index in [1.54, 1.807) is 0 Å². The molecule has 0 aromatic heterocycles. The van der Waals surface area contributed by atoms with E-state index in [4.69, 9.17) is 0 Å². The molecule has 0 atom stereocenters. The summed E-state index contributed by atoms with van der Waals surface area (Å²) in [4.78, 5) is 11.9. The second-order valence-corrected chi connectivity index (χ2v) is 8.67. The molecule has 30 heavy (non-hydrogen) atoms. The third-order valence-electron chi connectivity index (χ3n) is 4.80. The van der Waals surface area contributed by atoms with E-state index in [-0.39, 0.29) is 11.5 Å². The molecule has 0 spiro atoms. The fourth-order valence-electron chi connectivity index (χ4n) is 3.23. The van der Waals surface area contributed by atoms with Crippen LogP contribution in [-0.4, -0.2) is 26.6 Å². The second-order valence-electron chi connectivity index (χ2n) is 6.75. The van der Waals surface area contributed by atoms with Gasteiger partial charge in [-0.15, -0.1) is 0 Å². The van der Waals surface area contributed by atoms with Crippen LogP contribution in [0.2, 0.25) is 0 Å². The fourth-order valence-corrected chi connectivity index (χ4v) is 3.95. The van der Waals surface area contributed by atoms with Crippen LogP contribution < -0.4 is 5.32 Å². The molecular formula is C23H21F2NO3S. The number of alkyl halides is 2. The van der Waals surface area contributed by atoms with Gasteiger partial charge in [0, 0.05) is 18.0 Å². The van der Waals surface area contributed by atoms with Gasteiger partial charge >= 0.3 is 5.76 Å².